The molecule has 1 nitrogen and oxygen atoms in total. The van der Waals surface area contributed by atoms with E-state index in [1.165, 1.54) is 11.1 Å². The van der Waals surface area contributed by atoms with Crippen LogP contribution in [0.25, 0.3) is 0 Å². The zero-order chi connectivity index (χ0) is 12.3. The fraction of sp³-hybridized carbons (Fsp3) is 0.200. The summed E-state index contributed by atoms with van der Waals surface area (Å²) < 4.78 is 6.88. The van der Waals surface area contributed by atoms with Gasteiger partial charge in [0.25, 0.3) is 0 Å². The average Bonchev–Trinajstić information content (AvgIpc) is 2.29. The van der Waals surface area contributed by atoms with Crippen LogP contribution in [0.3, 0.4) is 0 Å². The van der Waals surface area contributed by atoms with E-state index >= 15 is 0 Å². The van der Waals surface area contributed by atoms with Crippen LogP contribution < -0.4 is 4.74 Å². The Bertz CT molecular complexity index is 483. The molecule has 2 heteroatoms. The Morgan fingerprint density at radius 2 is 1.76 bits per heavy atom. The molecule has 0 N–H and O–H groups in total. The highest BCUT2D eigenvalue weighted by molar-refractivity contribution is 9.10. The normalized spacial score (nSPS) is 10.3. The molecule has 0 unspecified atom stereocenters. The van der Waals surface area contributed by atoms with Gasteiger partial charge in [0.15, 0.2) is 0 Å². The van der Waals surface area contributed by atoms with Crippen LogP contribution in [-0.2, 0) is 6.61 Å². The van der Waals surface area contributed by atoms with E-state index in [0.29, 0.717) is 6.61 Å². The van der Waals surface area contributed by atoms with Gasteiger partial charge in [-0.05, 0) is 52.5 Å². The maximum atomic E-state index is 5.86. The van der Waals surface area contributed by atoms with Crippen molar-refractivity contribution in [3.05, 3.63) is 63.6 Å². The van der Waals surface area contributed by atoms with E-state index < -0.39 is 0 Å². The van der Waals surface area contributed by atoms with Crippen molar-refractivity contribution >= 4 is 15.9 Å². The van der Waals surface area contributed by atoms with Crippen molar-refractivity contribution in [2.75, 3.05) is 0 Å². The highest BCUT2D eigenvalue weighted by Crippen LogP contribution is 2.30. The van der Waals surface area contributed by atoms with Crippen LogP contribution in [0.2, 0.25) is 0 Å². The van der Waals surface area contributed by atoms with Crippen molar-refractivity contribution in [3.63, 3.8) is 0 Å². The zero-order valence-electron chi connectivity index (χ0n) is 10.0. The molecule has 0 saturated carbocycles. The number of hydrogen-bond acceptors (Lipinski definition) is 1. The molecule has 0 heterocycles. The predicted molar refractivity (Wildman–Crippen MR) is 74.4 cm³/mol. The number of benzene rings is 2. The van der Waals surface area contributed by atoms with Crippen molar-refractivity contribution in [2.24, 2.45) is 0 Å². The smallest absolute Gasteiger partial charge is 0.136 e. The minimum absolute atomic E-state index is 0.601. The Hall–Kier alpha value is -1.28. The van der Waals surface area contributed by atoms with Crippen LogP contribution in [-0.4, -0.2) is 0 Å². The molecular formula is C15H15BrO. The third kappa shape index (κ3) is 3.10. The maximum Gasteiger partial charge on any atom is 0.136 e. The third-order valence-corrected chi connectivity index (χ3v) is 3.19. The monoisotopic (exact) mass is 290 g/mol. The second-order valence-electron chi connectivity index (χ2n) is 4.17. The second-order valence-corrected chi connectivity index (χ2v) is 5.02. The lowest BCUT2D eigenvalue weighted by molar-refractivity contribution is 0.302. The summed E-state index contributed by atoms with van der Waals surface area (Å²) in [5, 5.41) is 0. The van der Waals surface area contributed by atoms with Gasteiger partial charge in [0.2, 0.25) is 0 Å². The van der Waals surface area contributed by atoms with Crippen LogP contribution in [0.4, 0.5) is 0 Å². The summed E-state index contributed by atoms with van der Waals surface area (Å²) in [7, 11) is 0. The van der Waals surface area contributed by atoms with Gasteiger partial charge < -0.3 is 4.74 Å². The Labute approximate surface area is 111 Å². The Morgan fingerprint density at radius 3 is 2.41 bits per heavy atom. The Morgan fingerprint density at radius 1 is 1.06 bits per heavy atom. The largest absolute Gasteiger partial charge is 0.487 e. The van der Waals surface area contributed by atoms with E-state index in [1.807, 2.05) is 18.2 Å². The fourth-order valence-corrected chi connectivity index (χ4v) is 2.60. The van der Waals surface area contributed by atoms with Gasteiger partial charge in [0.1, 0.15) is 12.4 Å². The molecular weight excluding hydrogens is 276 g/mol. The quantitative estimate of drug-likeness (QED) is 0.800. The van der Waals surface area contributed by atoms with E-state index in [1.54, 1.807) is 0 Å². The number of halogens is 1. The first-order valence-corrected chi connectivity index (χ1v) is 6.39. The lowest BCUT2D eigenvalue weighted by atomic mass is 10.1. The van der Waals surface area contributed by atoms with E-state index in [-0.39, 0.29) is 0 Å². The van der Waals surface area contributed by atoms with Crippen LogP contribution in [0.5, 0.6) is 5.75 Å². The number of aryl methyl sites for hydroxylation is 2. The number of rotatable bonds is 3. The molecule has 2 aromatic rings. The van der Waals surface area contributed by atoms with Crippen molar-refractivity contribution in [1.82, 2.24) is 0 Å². The van der Waals surface area contributed by atoms with Crippen molar-refractivity contribution in [1.29, 1.82) is 0 Å². The van der Waals surface area contributed by atoms with Gasteiger partial charge >= 0.3 is 0 Å². The summed E-state index contributed by atoms with van der Waals surface area (Å²) in [4.78, 5) is 0. The predicted octanol–water partition coefficient (Wildman–Crippen LogP) is 4.64. The van der Waals surface area contributed by atoms with Crippen LogP contribution in [0, 0.1) is 13.8 Å². The molecule has 0 saturated heterocycles. The van der Waals surface area contributed by atoms with Crippen LogP contribution >= 0.6 is 15.9 Å². The second kappa shape index (κ2) is 5.37. The Kier molecular flexibility index (Phi) is 3.85. The molecule has 0 bridgehead atoms. The SMILES string of the molecule is Cc1cc(C)c(OCc2ccccc2)c(Br)c1. The molecule has 0 amide bonds. The molecule has 0 radical (unpaired) electrons. The van der Waals surface area contributed by atoms with Crippen LogP contribution in [0.1, 0.15) is 16.7 Å². The molecule has 2 rings (SSSR count). The van der Waals surface area contributed by atoms with Gasteiger partial charge in [0.05, 0.1) is 4.47 Å². The standard InChI is InChI=1S/C15H15BrO/c1-11-8-12(2)15(14(16)9-11)17-10-13-6-4-3-5-7-13/h3-9H,10H2,1-2H3. The highest BCUT2D eigenvalue weighted by Gasteiger charge is 2.06. The molecule has 88 valence electrons. The summed E-state index contributed by atoms with van der Waals surface area (Å²) in [5.41, 5.74) is 3.58. The zero-order valence-corrected chi connectivity index (χ0v) is 11.6. The number of hydrogen-bond donors (Lipinski definition) is 0. The van der Waals surface area contributed by atoms with Gasteiger partial charge in [0, 0.05) is 0 Å². The van der Waals surface area contributed by atoms with Crippen molar-refractivity contribution in [2.45, 2.75) is 20.5 Å². The average molecular weight is 291 g/mol. The fourth-order valence-electron chi connectivity index (χ4n) is 1.82. The van der Waals surface area contributed by atoms with E-state index in [2.05, 4.69) is 54.0 Å². The van der Waals surface area contributed by atoms with E-state index in [9.17, 15) is 0 Å². The van der Waals surface area contributed by atoms with Crippen LogP contribution in [0.15, 0.2) is 46.9 Å². The topological polar surface area (TPSA) is 9.23 Å². The molecule has 17 heavy (non-hydrogen) atoms. The van der Waals surface area contributed by atoms with Gasteiger partial charge in [-0.3, -0.25) is 0 Å². The lowest BCUT2D eigenvalue weighted by Gasteiger charge is -2.12. The Balaban J connectivity index is 2.15. The molecule has 0 atom stereocenters. The van der Waals surface area contributed by atoms with Crippen molar-refractivity contribution < 1.29 is 4.74 Å². The van der Waals surface area contributed by atoms with Gasteiger partial charge in [-0.15, -0.1) is 0 Å². The van der Waals surface area contributed by atoms with E-state index in [4.69, 9.17) is 4.74 Å². The van der Waals surface area contributed by atoms with Crippen molar-refractivity contribution in [3.8, 4) is 5.75 Å². The van der Waals surface area contributed by atoms with E-state index in [0.717, 1.165) is 15.8 Å². The molecule has 2 aromatic carbocycles. The van der Waals surface area contributed by atoms with Gasteiger partial charge in [-0.2, -0.15) is 0 Å². The molecule has 0 aliphatic heterocycles. The highest BCUT2D eigenvalue weighted by atomic mass is 79.9. The minimum Gasteiger partial charge on any atom is -0.487 e. The summed E-state index contributed by atoms with van der Waals surface area (Å²) >= 11 is 3.55. The molecule has 0 spiro atoms. The lowest BCUT2D eigenvalue weighted by Crippen LogP contribution is -1.98. The minimum atomic E-state index is 0.601. The molecule has 0 fully saturated rings. The first-order chi connectivity index (χ1) is 8.16. The summed E-state index contributed by atoms with van der Waals surface area (Å²) in [6.45, 7) is 4.75. The maximum absolute atomic E-state index is 5.86. The van der Waals surface area contributed by atoms with Gasteiger partial charge in [-0.25, -0.2) is 0 Å². The van der Waals surface area contributed by atoms with Gasteiger partial charge in [-0.1, -0.05) is 36.4 Å². The third-order valence-electron chi connectivity index (χ3n) is 2.60. The number of ether oxygens (including phenoxy) is 1. The molecule has 0 aliphatic rings. The molecule has 0 aliphatic carbocycles. The molecule has 0 aromatic heterocycles. The summed E-state index contributed by atoms with van der Waals surface area (Å²) in [6.07, 6.45) is 0. The summed E-state index contributed by atoms with van der Waals surface area (Å²) in [5.74, 6) is 0.930. The first-order valence-electron chi connectivity index (χ1n) is 5.60. The summed E-state index contributed by atoms with van der Waals surface area (Å²) in [6, 6.07) is 14.4. The first kappa shape index (κ1) is 12.2.